The summed E-state index contributed by atoms with van der Waals surface area (Å²) in [6.07, 6.45) is 2.08. The molecule has 1 N–H and O–H groups in total. The predicted molar refractivity (Wildman–Crippen MR) is 92.0 cm³/mol. The molecule has 0 amide bonds. The Morgan fingerprint density at radius 2 is 2.00 bits per heavy atom. The first-order chi connectivity index (χ1) is 11.7. The summed E-state index contributed by atoms with van der Waals surface area (Å²) in [5.41, 5.74) is 2.98. The van der Waals surface area contributed by atoms with Gasteiger partial charge in [0.2, 0.25) is 5.95 Å². The molecule has 4 rings (SSSR count). The number of tetrazole rings is 1. The van der Waals surface area contributed by atoms with Crippen LogP contribution in [-0.4, -0.2) is 27.3 Å². The van der Waals surface area contributed by atoms with Gasteiger partial charge >= 0.3 is 0 Å². The van der Waals surface area contributed by atoms with Gasteiger partial charge in [-0.2, -0.15) is 4.68 Å². The second-order valence-corrected chi connectivity index (χ2v) is 5.82. The summed E-state index contributed by atoms with van der Waals surface area (Å²) in [6, 6.07) is 15.4. The maximum Gasteiger partial charge on any atom is 0.248 e. The maximum absolute atomic E-state index is 6.14. The molecule has 6 nitrogen and oxygen atoms in total. The minimum absolute atomic E-state index is 0.132. The number of methoxy groups -OCH3 is 1. The molecule has 0 unspecified atom stereocenters. The molecule has 3 aromatic rings. The summed E-state index contributed by atoms with van der Waals surface area (Å²) in [5, 5.41) is 15.9. The lowest BCUT2D eigenvalue weighted by molar-refractivity contribution is 0.415. The zero-order chi connectivity index (χ0) is 16.5. The van der Waals surface area contributed by atoms with Gasteiger partial charge < -0.3 is 10.1 Å². The number of hydrogen-bond acceptors (Lipinski definition) is 5. The average molecular weight is 340 g/mol. The number of benzene rings is 2. The number of nitrogens with one attached hydrogen (secondary N) is 1. The van der Waals surface area contributed by atoms with E-state index >= 15 is 0 Å². The minimum atomic E-state index is -0.132. The number of halogens is 1. The Labute approximate surface area is 143 Å². The molecule has 0 radical (unpaired) electrons. The van der Waals surface area contributed by atoms with Gasteiger partial charge in [-0.3, -0.25) is 0 Å². The van der Waals surface area contributed by atoms with Crippen LogP contribution in [0.3, 0.4) is 0 Å². The van der Waals surface area contributed by atoms with Crippen LogP contribution < -0.4 is 10.1 Å². The van der Waals surface area contributed by atoms with Gasteiger partial charge in [-0.15, -0.1) is 0 Å². The third-order valence-corrected chi connectivity index (χ3v) is 4.15. The number of anilines is 1. The fraction of sp³-hybridized carbons (Fsp3) is 0.118. The highest BCUT2D eigenvalue weighted by atomic mass is 35.5. The normalized spacial score (nSPS) is 16.1. The van der Waals surface area contributed by atoms with Crippen molar-refractivity contribution in [2.75, 3.05) is 12.4 Å². The summed E-state index contributed by atoms with van der Waals surface area (Å²) >= 11 is 6.14. The molecule has 7 heteroatoms. The molecule has 0 saturated heterocycles. The Balaban J connectivity index is 1.78. The standard InChI is InChI=1S/C17H14ClN5O/c1-24-14-7-5-11(6-8-14)15-10-16(12-3-2-4-13(18)9-12)23-17(19-15)20-21-22-23/h2-10,16H,1H3,(H,19,20,22)/t16-/m1/s1. The molecule has 1 atom stereocenters. The summed E-state index contributed by atoms with van der Waals surface area (Å²) < 4.78 is 6.95. The molecule has 0 aliphatic carbocycles. The van der Waals surface area contributed by atoms with Crippen LogP contribution in [0, 0.1) is 0 Å². The van der Waals surface area contributed by atoms with Gasteiger partial charge in [0.25, 0.3) is 0 Å². The molecule has 1 aliphatic heterocycles. The van der Waals surface area contributed by atoms with E-state index in [1.165, 1.54) is 0 Å². The van der Waals surface area contributed by atoms with Gasteiger partial charge in [0, 0.05) is 10.7 Å². The number of hydrogen-bond donors (Lipinski definition) is 1. The number of fused-ring (bicyclic) bond motifs is 1. The highest BCUT2D eigenvalue weighted by Crippen LogP contribution is 2.32. The van der Waals surface area contributed by atoms with E-state index in [-0.39, 0.29) is 6.04 Å². The van der Waals surface area contributed by atoms with Crippen LogP contribution in [0.15, 0.2) is 54.6 Å². The van der Waals surface area contributed by atoms with Gasteiger partial charge in [0.05, 0.1) is 7.11 Å². The first-order valence-electron chi connectivity index (χ1n) is 7.41. The lowest BCUT2D eigenvalue weighted by Crippen LogP contribution is -2.20. The van der Waals surface area contributed by atoms with Crippen molar-refractivity contribution in [3.05, 3.63) is 70.8 Å². The zero-order valence-electron chi connectivity index (χ0n) is 12.8. The maximum atomic E-state index is 6.14. The van der Waals surface area contributed by atoms with Crippen LogP contribution in [0.4, 0.5) is 5.95 Å². The van der Waals surface area contributed by atoms with Crippen molar-refractivity contribution in [2.45, 2.75) is 6.04 Å². The number of rotatable bonds is 3. The SMILES string of the molecule is COc1ccc(C2=C[C@H](c3cccc(Cl)c3)n3nnnc3N2)cc1. The Morgan fingerprint density at radius 3 is 2.75 bits per heavy atom. The van der Waals surface area contributed by atoms with Gasteiger partial charge in [0.1, 0.15) is 11.8 Å². The van der Waals surface area contributed by atoms with Crippen LogP contribution in [-0.2, 0) is 0 Å². The first-order valence-corrected chi connectivity index (χ1v) is 7.79. The quantitative estimate of drug-likeness (QED) is 0.792. The van der Waals surface area contributed by atoms with Crippen molar-refractivity contribution < 1.29 is 4.74 Å². The first kappa shape index (κ1) is 14.7. The summed E-state index contributed by atoms with van der Waals surface area (Å²) in [5.74, 6) is 1.40. The van der Waals surface area contributed by atoms with E-state index in [4.69, 9.17) is 16.3 Å². The van der Waals surface area contributed by atoms with E-state index in [0.717, 1.165) is 22.6 Å². The summed E-state index contributed by atoms with van der Waals surface area (Å²) in [4.78, 5) is 0. The van der Waals surface area contributed by atoms with E-state index < -0.39 is 0 Å². The third-order valence-electron chi connectivity index (χ3n) is 3.92. The summed E-state index contributed by atoms with van der Waals surface area (Å²) in [7, 11) is 1.65. The number of nitrogens with zero attached hydrogens (tertiary/aromatic N) is 4. The Bertz CT molecular complexity index is 903. The van der Waals surface area contributed by atoms with E-state index in [9.17, 15) is 0 Å². The molecule has 0 spiro atoms. The smallest absolute Gasteiger partial charge is 0.248 e. The van der Waals surface area contributed by atoms with Crippen molar-refractivity contribution in [3.8, 4) is 5.75 Å². The van der Waals surface area contributed by atoms with E-state index in [1.54, 1.807) is 11.8 Å². The second kappa shape index (κ2) is 5.98. The third kappa shape index (κ3) is 2.61. The molecule has 1 aromatic heterocycles. The predicted octanol–water partition coefficient (Wildman–Crippen LogP) is 3.39. The fourth-order valence-corrected chi connectivity index (χ4v) is 2.92. The monoisotopic (exact) mass is 339 g/mol. The molecule has 0 fully saturated rings. The van der Waals surface area contributed by atoms with Crippen molar-refractivity contribution in [1.29, 1.82) is 0 Å². The number of aromatic nitrogens is 4. The van der Waals surface area contributed by atoms with E-state index in [2.05, 4.69) is 26.9 Å². The number of ether oxygens (including phenoxy) is 1. The average Bonchev–Trinajstić information content (AvgIpc) is 3.09. The second-order valence-electron chi connectivity index (χ2n) is 5.38. The molecular formula is C17H14ClN5O. The molecule has 0 saturated carbocycles. The molecule has 120 valence electrons. The Morgan fingerprint density at radius 1 is 1.17 bits per heavy atom. The fourth-order valence-electron chi connectivity index (χ4n) is 2.72. The van der Waals surface area contributed by atoms with E-state index in [0.29, 0.717) is 11.0 Å². The lowest BCUT2D eigenvalue weighted by atomic mass is 10.0. The molecule has 2 heterocycles. The number of allylic oxidation sites excluding steroid dienone is 1. The van der Waals surface area contributed by atoms with Gasteiger partial charge in [-0.25, -0.2) is 0 Å². The topological polar surface area (TPSA) is 64.9 Å². The van der Waals surface area contributed by atoms with Gasteiger partial charge in [-0.05, 0) is 64.0 Å². The Hall–Kier alpha value is -2.86. The van der Waals surface area contributed by atoms with Crippen LogP contribution in [0.5, 0.6) is 5.75 Å². The van der Waals surface area contributed by atoms with Crippen molar-refractivity contribution >= 4 is 23.2 Å². The van der Waals surface area contributed by atoms with Crippen LogP contribution in [0.25, 0.3) is 5.70 Å². The summed E-state index contributed by atoms with van der Waals surface area (Å²) in [6.45, 7) is 0. The molecule has 2 aromatic carbocycles. The molecule has 1 aliphatic rings. The van der Waals surface area contributed by atoms with Crippen molar-refractivity contribution in [3.63, 3.8) is 0 Å². The Kier molecular flexibility index (Phi) is 3.66. The molecule has 24 heavy (non-hydrogen) atoms. The van der Waals surface area contributed by atoms with Gasteiger partial charge in [-0.1, -0.05) is 28.8 Å². The van der Waals surface area contributed by atoms with Crippen LogP contribution in [0.1, 0.15) is 17.2 Å². The minimum Gasteiger partial charge on any atom is -0.497 e. The van der Waals surface area contributed by atoms with Crippen LogP contribution in [0.2, 0.25) is 5.02 Å². The van der Waals surface area contributed by atoms with Crippen molar-refractivity contribution in [1.82, 2.24) is 20.2 Å². The van der Waals surface area contributed by atoms with E-state index in [1.807, 2.05) is 48.5 Å². The van der Waals surface area contributed by atoms with Crippen LogP contribution >= 0.6 is 11.6 Å². The molecule has 0 bridgehead atoms. The van der Waals surface area contributed by atoms with Crippen molar-refractivity contribution in [2.24, 2.45) is 0 Å². The highest BCUT2D eigenvalue weighted by molar-refractivity contribution is 6.30. The van der Waals surface area contributed by atoms with Gasteiger partial charge in [0.15, 0.2) is 0 Å². The molecular weight excluding hydrogens is 326 g/mol. The zero-order valence-corrected chi connectivity index (χ0v) is 13.6. The lowest BCUT2D eigenvalue weighted by Gasteiger charge is -2.23. The highest BCUT2D eigenvalue weighted by Gasteiger charge is 2.24. The largest absolute Gasteiger partial charge is 0.497 e.